The fourth-order valence-electron chi connectivity index (χ4n) is 3.28. The minimum Gasteiger partial charge on any atom is -0.493 e. The zero-order valence-electron chi connectivity index (χ0n) is 16.2. The Bertz CT molecular complexity index is 966. The van der Waals surface area contributed by atoms with E-state index in [1.165, 1.54) is 0 Å². The fraction of sp³-hybridized carbons (Fsp3) is 0.217. The molecule has 1 atom stereocenters. The van der Waals surface area contributed by atoms with Crippen LogP contribution in [0.1, 0.15) is 22.1 Å². The Balaban J connectivity index is 1.52. The molecule has 6 heteroatoms. The zero-order valence-corrected chi connectivity index (χ0v) is 17.0. The van der Waals surface area contributed by atoms with Gasteiger partial charge in [0.25, 0.3) is 0 Å². The topological polar surface area (TPSA) is 51.7 Å². The van der Waals surface area contributed by atoms with Crippen molar-refractivity contribution in [3.8, 4) is 11.5 Å². The number of ether oxygens (including phenoxy) is 2. The second kappa shape index (κ2) is 9.01. The van der Waals surface area contributed by atoms with Crippen molar-refractivity contribution in [1.29, 1.82) is 0 Å². The van der Waals surface area contributed by atoms with Crippen molar-refractivity contribution in [3.05, 3.63) is 89.7 Å². The summed E-state index contributed by atoms with van der Waals surface area (Å²) in [5.41, 5.74) is 3.19. The van der Waals surface area contributed by atoms with Gasteiger partial charge in [0, 0.05) is 18.9 Å². The molecule has 1 amide bonds. The Morgan fingerprint density at radius 2 is 1.83 bits per heavy atom. The lowest BCUT2D eigenvalue weighted by Crippen LogP contribution is -2.27. The number of benzene rings is 2. The Morgan fingerprint density at radius 3 is 2.59 bits per heavy atom. The number of carbonyl (C=O) groups excluding carboxylic acids is 1. The van der Waals surface area contributed by atoms with Crippen LogP contribution in [0.5, 0.6) is 11.5 Å². The van der Waals surface area contributed by atoms with Gasteiger partial charge in [-0.3, -0.25) is 9.78 Å². The van der Waals surface area contributed by atoms with E-state index in [-0.39, 0.29) is 11.3 Å². The maximum Gasteiger partial charge on any atom is 0.234 e. The normalized spacial score (nSPS) is 16.1. The fourth-order valence-corrected chi connectivity index (χ4v) is 4.46. The lowest BCUT2D eigenvalue weighted by atomic mass is 10.1. The average Bonchev–Trinajstić information content (AvgIpc) is 3.13. The summed E-state index contributed by atoms with van der Waals surface area (Å²) in [7, 11) is 1.64. The first-order valence-corrected chi connectivity index (χ1v) is 10.4. The summed E-state index contributed by atoms with van der Waals surface area (Å²) in [5.74, 6) is 1.97. The first-order chi connectivity index (χ1) is 14.2. The third-order valence-electron chi connectivity index (χ3n) is 4.78. The van der Waals surface area contributed by atoms with E-state index >= 15 is 0 Å². The van der Waals surface area contributed by atoms with Crippen LogP contribution in [-0.2, 0) is 17.9 Å². The smallest absolute Gasteiger partial charge is 0.234 e. The van der Waals surface area contributed by atoms with Gasteiger partial charge in [-0.25, -0.2) is 0 Å². The molecule has 1 aromatic heterocycles. The molecule has 148 valence electrons. The van der Waals surface area contributed by atoms with Gasteiger partial charge in [-0.15, -0.1) is 11.8 Å². The van der Waals surface area contributed by atoms with E-state index in [4.69, 9.17) is 9.47 Å². The lowest BCUT2D eigenvalue weighted by molar-refractivity contribution is -0.128. The predicted octanol–water partition coefficient (Wildman–Crippen LogP) is 4.44. The maximum atomic E-state index is 12.5. The van der Waals surface area contributed by atoms with E-state index in [1.807, 2.05) is 65.6 Å². The molecule has 1 aliphatic heterocycles. The maximum absolute atomic E-state index is 12.5. The first kappa shape index (κ1) is 19.3. The number of aromatic nitrogens is 1. The number of methoxy groups -OCH3 is 1. The molecule has 1 unspecified atom stereocenters. The Morgan fingerprint density at radius 1 is 1.03 bits per heavy atom. The van der Waals surface area contributed by atoms with Crippen molar-refractivity contribution >= 4 is 17.7 Å². The van der Waals surface area contributed by atoms with Gasteiger partial charge in [-0.1, -0.05) is 36.4 Å². The Labute approximate surface area is 174 Å². The summed E-state index contributed by atoms with van der Waals surface area (Å²) in [5, 5.41) is -0.0484. The molecule has 1 saturated heterocycles. The highest BCUT2D eigenvalue weighted by atomic mass is 32.2. The number of rotatable bonds is 7. The molecule has 5 nitrogen and oxygen atoms in total. The average molecular weight is 407 g/mol. The number of hydrogen-bond acceptors (Lipinski definition) is 5. The Hall–Kier alpha value is -2.99. The molecule has 2 heterocycles. The van der Waals surface area contributed by atoms with Gasteiger partial charge in [0.05, 0.1) is 12.9 Å². The number of thioether (sulfide) groups is 1. The van der Waals surface area contributed by atoms with E-state index < -0.39 is 0 Å². The van der Waals surface area contributed by atoms with Crippen molar-refractivity contribution < 1.29 is 14.3 Å². The third kappa shape index (κ3) is 4.54. The second-order valence-electron chi connectivity index (χ2n) is 6.73. The molecule has 4 rings (SSSR count). The highest BCUT2D eigenvalue weighted by Crippen LogP contribution is 2.42. The van der Waals surface area contributed by atoms with Crippen LogP contribution in [0.3, 0.4) is 0 Å². The highest BCUT2D eigenvalue weighted by Gasteiger charge is 2.33. The van der Waals surface area contributed by atoms with Crippen molar-refractivity contribution in [2.24, 2.45) is 0 Å². The molecule has 29 heavy (non-hydrogen) atoms. The van der Waals surface area contributed by atoms with Gasteiger partial charge >= 0.3 is 0 Å². The van der Waals surface area contributed by atoms with Gasteiger partial charge in [0.2, 0.25) is 5.91 Å². The predicted molar refractivity (Wildman–Crippen MR) is 114 cm³/mol. The molecule has 3 aromatic rings. The van der Waals surface area contributed by atoms with Gasteiger partial charge < -0.3 is 14.4 Å². The number of amides is 1. The SMILES string of the molecule is COc1cc(C2SCC(=O)N2Cc2ccncc2)ccc1OCc1ccccc1. The molecule has 1 fully saturated rings. The minimum atomic E-state index is -0.0484. The van der Waals surface area contributed by atoms with Crippen molar-refractivity contribution in [3.63, 3.8) is 0 Å². The Kier molecular flexibility index (Phi) is 6.00. The van der Waals surface area contributed by atoms with Crippen LogP contribution < -0.4 is 9.47 Å². The van der Waals surface area contributed by atoms with Crippen molar-refractivity contribution in [1.82, 2.24) is 9.88 Å². The van der Waals surface area contributed by atoms with E-state index in [0.717, 1.165) is 16.7 Å². The van der Waals surface area contributed by atoms with Crippen LogP contribution in [0, 0.1) is 0 Å². The van der Waals surface area contributed by atoms with E-state index in [2.05, 4.69) is 4.98 Å². The molecule has 1 aliphatic rings. The third-order valence-corrected chi connectivity index (χ3v) is 6.04. The van der Waals surface area contributed by atoms with Crippen LogP contribution in [0.15, 0.2) is 73.1 Å². The molecule has 0 aliphatic carbocycles. The van der Waals surface area contributed by atoms with E-state index in [0.29, 0.717) is 30.4 Å². The summed E-state index contributed by atoms with van der Waals surface area (Å²) in [6.45, 7) is 1.04. The number of nitrogens with zero attached hydrogens (tertiary/aromatic N) is 2. The van der Waals surface area contributed by atoms with Crippen LogP contribution in [0.25, 0.3) is 0 Å². The van der Waals surface area contributed by atoms with Crippen LogP contribution in [0.2, 0.25) is 0 Å². The molecular formula is C23H22N2O3S. The quantitative estimate of drug-likeness (QED) is 0.580. The van der Waals surface area contributed by atoms with Crippen LogP contribution >= 0.6 is 11.8 Å². The van der Waals surface area contributed by atoms with Gasteiger partial charge in [-0.05, 0) is 41.0 Å². The summed E-state index contributed by atoms with van der Waals surface area (Å²) in [4.78, 5) is 18.4. The van der Waals surface area contributed by atoms with Gasteiger partial charge in [-0.2, -0.15) is 0 Å². The molecule has 0 radical (unpaired) electrons. The summed E-state index contributed by atoms with van der Waals surface area (Å²) in [6, 6.07) is 19.8. The largest absolute Gasteiger partial charge is 0.493 e. The monoisotopic (exact) mass is 406 g/mol. The molecule has 0 N–H and O–H groups in total. The summed E-state index contributed by atoms with van der Waals surface area (Å²) in [6.07, 6.45) is 3.50. The van der Waals surface area contributed by atoms with Crippen LogP contribution in [-0.4, -0.2) is 28.7 Å². The zero-order chi connectivity index (χ0) is 20.1. The number of hydrogen-bond donors (Lipinski definition) is 0. The van der Waals surface area contributed by atoms with Crippen LogP contribution in [0.4, 0.5) is 0 Å². The van der Waals surface area contributed by atoms with Gasteiger partial charge in [0.15, 0.2) is 11.5 Å². The standard InChI is InChI=1S/C23H22N2O3S/c1-27-21-13-19(7-8-20(21)28-15-18-5-3-2-4-6-18)23-25(22(26)16-29-23)14-17-9-11-24-12-10-17/h2-13,23H,14-16H2,1H3. The number of pyridine rings is 1. The van der Waals surface area contributed by atoms with Crippen molar-refractivity contribution in [2.45, 2.75) is 18.5 Å². The summed E-state index contributed by atoms with van der Waals surface area (Å²) < 4.78 is 11.5. The lowest BCUT2D eigenvalue weighted by Gasteiger charge is -2.25. The minimum absolute atomic E-state index is 0.0484. The van der Waals surface area contributed by atoms with E-state index in [9.17, 15) is 4.79 Å². The second-order valence-corrected chi connectivity index (χ2v) is 7.79. The summed E-state index contributed by atoms with van der Waals surface area (Å²) >= 11 is 1.63. The first-order valence-electron chi connectivity index (χ1n) is 9.39. The van der Waals surface area contributed by atoms with Gasteiger partial charge in [0.1, 0.15) is 12.0 Å². The molecular weight excluding hydrogens is 384 g/mol. The van der Waals surface area contributed by atoms with E-state index in [1.54, 1.807) is 31.3 Å². The molecule has 2 aromatic carbocycles. The van der Waals surface area contributed by atoms with Crippen molar-refractivity contribution in [2.75, 3.05) is 12.9 Å². The highest BCUT2D eigenvalue weighted by molar-refractivity contribution is 8.00. The molecule has 0 bridgehead atoms. The number of carbonyl (C=O) groups is 1. The molecule has 0 saturated carbocycles. The molecule has 0 spiro atoms.